The Balaban J connectivity index is 3.14. The Kier molecular flexibility index (Phi) is 4.39. The highest BCUT2D eigenvalue weighted by molar-refractivity contribution is 9.10. The van der Waals surface area contributed by atoms with E-state index in [0.29, 0.717) is 6.61 Å². The predicted molar refractivity (Wildman–Crippen MR) is 71.7 cm³/mol. The minimum atomic E-state index is -0.0356. The topological polar surface area (TPSA) is 35.2 Å². The van der Waals surface area contributed by atoms with Crippen LogP contribution >= 0.6 is 15.9 Å². The van der Waals surface area contributed by atoms with Crippen LogP contribution in [0.25, 0.3) is 0 Å². The minimum Gasteiger partial charge on any atom is -0.494 e. The highest BCUT2D eigenvalue weighted by atomic mass is 79.9. The summed E-state index contributed by atoms with van der Waals surface area (Å²) in [6, 6.07) is 5.95. The van der Waals surface area contributed by atoms with Crippen LogP contribution in [0.2, 0.25) is 0 Å². The summed E-state index contributed by atoms with van der Waals surface area (Å²) < 4.78 is 6.64. The molecule has 1 rings (SSSR count). The van der Waals surface area contributed by atoms with Gasteiger partial charge in [-0.1, -0.05) is 36.7 Å². The molecule has 0 bridgehead atoms. The molecule has 3 heteroatoms. The standard InChI is InChI=1S/C13H20BrNO/c1-5-16-11-7-6-9(14)8-10(11)12(15)13(2,3)4/h6-8,12H,5,15H2,1-4H3. The summed E-state index contributed by atoms with van der Waals surface area (Å²) in [5.41, 5.74) is 7.35. The van der Waals surface area contributed by atoms with E-state index in [9.17, 15) is 0 Å². The van der Waals surface area contributed by atoms with Crippen molar-refractivity contribution in [2.75, 3.05) is 6.61 Å². The Morgan fingerprint density at radius 2 is 2.00 bits per heavy atom. The molecule has 90 valence electrons. The zero-order chi connectivity index (χ0) is 12.3. The highest BCUT2D eigenvalue weighted by Gasteiger charge is 2.25. The molecule has 0 saturated carbocycles. The van der Waals surface area contributed by atoms with Gasteiger partial charge in [0.2, 0.25) is 0 Å². The van der Waals surface area contributed by atoms with Crippen LogP contribution < -0.4 is 10.5 Å². The quantitative estimate of drug-likeness (QED) is 0.914. The fraction of sp³-hybridized carbons (Fsp3) is 0.538. The fourth-order valence-corrected chi connectivity index (χ4v) is 1.89. The number of rotatable bonds is 3. The van der Waals surface area contributed by atoms with Gasteiger partial charge in [-0.2, -0.15) is 0 Å². The van der Waals surface area contributed by atoms with Gasteiger partial charge in [-0.05, 0) is 30.5 Å². The summed E-state index contributed by atoms with van der Waals surface area (Å²) in [5.74, 6) is 0.883. The van der Waals surface area contributed by atoms with Crippen LogP contribution in [0.4, 0.5) is 0 Å². The molecule has 1 unspecified atom stereocenters. The molecule has 1 aromatic carbocycles. The van der Waals surface area contributed by atoms with Crippen LogP contribution in [0.15, 0.2) is 22.7 Å². The Hall–Kier alpha value is -0.540. The van der Waals surface area contributed by atoms with Gasteiger partial charge in [0.05, 0.1) is 6.61 Å². The lowest BCUT2D eigenvalue weighted by Gasteiger charge is -2.29. The Bertz CT molecular complexity index is 357. The van der Waals surface area contributed by atoms with Crippen molar-refractivity contribution in [1.29, 1.82) is 0 Å². The lowest BCUT2D eigenvalue weighted by molar-refractivity contribution is 0.298. The maximum atomic E-state index is 6.27. The van der Waals surface area contributed by atoms with Gasteiger partial charge in [-0.15, -0.1) is 0 Å². The van der Waals surface area contributed by atoms with Crippen LogP contribution in [0, 0.1) is 5.41 Å². The molecule has 0 radical (unpaired) electrons. The van der Waals surface area contributed by atoms with Crippen molar-refractivity contribution in [3.8, 4) is 5.75 Å². The number of ether oxygens (including phenoxy) is 1. The smallest absolute Gasteiger partial charge is 0.124 e. The summed E-state index contributed by atoms with van der Waals surface area (Å²) in [7, 11) is 0. The highest BCUT2D eigenvalue weighted by Crippen LogP contribution is 2.36. The Morgan fingerprint density at radius 3 is 2.50 bits per heavy atom. The molecule has 0 amide bonds. The first-order valence-electron chi connectivity index (χ1n) is 5.54. The van der Waals surface area contributed by atoms with E-state index in [1.807, 2.05) is 25.1 Å². The van der Waals surface area contributed by atoms with E-state index in [4.69, 9.17) is 10.5 Å². The van der Waals surface area contributed by atoms with Gasteiger partial charge < -0.3 is 10.5 Å². The van der Waals surface area contributed by atoms with Crippen molar-refractivity contribution in [2.45, 2.75) is 33.7 Å². The molecular formula is C13H20BrNO. The van der Waals surface area contributed by atoms with E-state index in [0.717, 1.165) is 15.8 Å². The van der Waals surface area contributed by atoms with Crippen molar-refractivity contribution in [3.05, 3.63) is 28.2 Å². The van der Waals surface area contributed by atoms with E-state index in [2.05, 4.69) is 36.7 Å². The zero-order valence-corrected chi connectivity index (χ0v) is 12.0. The van der Waals surface area contributed by atoms with Gasteiger partial charge in [-0.3, -0.25) is 0 Å². The average molecular weight is 286 g/mol. The molecule has 0 aromatic heterocycles. The molecule has 2 nitrogen and oxygen atoms in total. The fourth-order valence-electron chi connectivity index (χ4n) is 1.52. The van der Waals surface area contributed by atoms with Crippen LogP contribution in [0.3, 0.4) is 0 Å². The predicted octanol–water partition coefficient (Wildman–Crippen LogP) is 3.89. The van der Waals surface area contributed by atoms with Gasteiger partial charge in [0.15, 0.2) is 0 Å². The molecule has 0 aliphatic carbocycles. The minimum absolute atomic E-state index is 0.0205. The largest absolute Gasteiger partial charge is 0.494 e. The lowest BCUT2D eigenvalue weighted by Crippen LogP contribution is -2.26. The first kappa shape index (κ1) is 13.5. The first-order chi connectivity index (χ1) is 7.36. The molecule has 1 aromatic rings. The zero-order valence-electron chi connectivity index (χ0n) is 10.4. The average Bonchev–Trinajstić information content (AvgIpc) is 2.18. The van der Waals surface area contributed by atoms with Crippen LogP contribution in [0.5, 0.6) is 5.75 Å². The molecule has 0 heterocycles. The monoisotopic (exact) mass is 285 g/mol. The van der Waals surface area contributed by atoms with Gasteiger partial charge in [0.25, 0.3) is 0 Å². The molecule has 0 spiro atoms. The van der Waals surface area contributed by atoms with Gasteiger partial charge in [-0.25, -0.2) is 0 Å². The number of nitrogens with two attached hydrogens (primary N) is 1. The van der Waals surface area contributed by atoms with E-state index in [1.54, 1.807) is 0 Å². The van der Waals surface area contributed by atoms with E-state index in [-0.39, 0.29) is 11.5 Å². The molecular weight excluding hydrogens is 266 g/mol. The third-order valence-electron chi connectivity index (χ3n) is 2.54. The first-order valence-corrected chi connectivity index (χ1v) is 6.33. The van der Waals surface area contributed by atoms with Crippen molar-refractivity contribution < 1.29 is 4.74 Å². The molecule has 16 heavy (non-hydrogen) atoms. The number of halogens is 1. The van der Waals surface area contributed by atoms with Crippen LogP contribution in [0.1, 0.15) is 39.3 Å². The Labute approximate surface area is 106 Å². The molecule has 0 saturated heterocycles. The van der Waals surface area contributed by atoms with Crippen molar-refractivity contribution >= 4 is 15.9 Å². The van der Waals surface area contributed by atoms with Crippen molar-refractivity contribution in [3.63, 3.8) is 0 Å². The van der Waals surface area contributed by atoms with Gasteiger partial charge >= 0.3 is 0 Å². The SMILES string of the molecule is CCOc1ccc(Br)cc1C(N)C(C)(C)C. The maximum Gasteiger partial charge on any atom is 0.124 e. The number of hydrogen-bond acceptors (Lipinski definition) is 2. The van der Waals surface area contributed by atoms with E-state index < -0.39 is 0 Å². The third-order valence-corrected chi connectivity index (χ3v) is 3.03. The Morgan fingerprint density at radius 1 is 1.38 bits per heavy atom. The second-order valence-electron chi connectivity index (χ2n) is 4.96. The van der Waals surface area contributed by atoms with Crippen LogP contribution in [-0.4, -0.2) is 6.61 Å². The van der Waals surface area contributed by atoms with Gasteiger partial charge in [0, 0.05) is 16.1 Å². The molecule has 0 aliphatic rings. The van der Waals surface area contributed by atoms with Crippen molar-refractivity contribution in [1.82, 2.24) is 0 Å². The molecule has 2 N–H and O–H groups in total. The second-order valence-corrected chi connectivity index (χ2v) is 5.87. The summed E-state index contributed by atoms with van der Waals surface area (Å²) >= 11 is 3.47. The number of hydrogen-bond donors (Lipinski definition) is 1. The van der Waals surface area contributed by atoms with Crippen LogP contribution in [-0.2, 0) is 0 Å². The van der Waals surface area contributed by atoms with E-state index >= 15 is 0 Å². The van der Waals surface area contributed by atoms with Crippen molar-refractivity contribution in [2.24, 2.45) is 11.1 Å². The normalized spacial score (nSPS) is 13.6. The third kappa shape index (κ3) is 3.22. The maximum absolute atomic E-state index is 6.27. The molecule has 1 atom stereocenters. The summed E-state index contributed by atoms with van der Waals surface area (Å²) in [6.07, 6.45) is 0. The number of benzene rings is 1. The van der Waals surface area contributed by atoms with Gasteiger partial charge in [0.1, 0.15) is 5.75 Å². The summed E-state index contributed by atoms with van der Waals surface area (Å²) in [4.78, 5) is 0. The molecule has 0 aliphatic heterocycles. The summed E-state index contributed by atoms with van der Waals surface area (Å²) in [5, 5.41) is 0. The van der Waals surface area contributed by atoms with E-state index in [1.165, 1.54) is 0 Å². The lowest BCUT2D eigenvalue weighted by atomic mass is 9.83. The summed E-state index contributed by atoms with van der Waals surface area (Å²) in [6.45, 7) is 9.04. The molecule has 0 fully saturated rings. The second kappa shape index (κ2) is 5.19.